The van der Waals surface area contributed by atoms with Crippen molar-refractivity contribution in [1.82, 2.24) is 20.1 Å². The molecule has 1 amide bonds. The Morgan fingerprint density at radius 1 is 1.32 bits per heavy atom. The second-order valence-corrected chi connectivity index (χ2v) is 7.05. The lowest BCUT2D eigenvalue weighted by atomic mass is 9.96. The molecule has 5 nitrogen and oxygen atoms in total. The van der Waals surface area contributed by atoms with Gasteiger partial charge in [0.15, 0.2) is 0 Å². The smallest absolute Gasteiger partial charge is 0.225 e. The maximum Gasteiger partial charge on any atom is 0.225 e. The Hall–Kier alpha value is -0.690. The number of aryl methyl sites for hydroxylation is 1. The number of hydrogen-bond acceptors (Lipinski definition) is 5. The lowest BCUT2D eigenvalue weighted by Gasteiger charge is -2.37. The van der Waals surface area contributed by atoms with Crippen LogP contribution in [-0.4, -0.2) is 60.0 Å². The van der Waals surface area contributed by atoms with Crippen molar-refractivity contribution in [3.8, 4) is 0 Å². The van der Waals surface area contributed by atoms with E-state index in [1.165, 1.54) is 0 Å². The molecular weight excluding hydrogens is 320 g/mol. The normalized spacial score (nSPS) is 20.7. The van der Waals surface area contributed by atoms with Crippen LogP contribution in [0.5, 0.6) is 0 Å². The van der Waals surface area contributed by atoms with Gasteiger partial charge in [0, 0.05) is 44.0 Å². The number of nitrogens with zero attached hydrogens (tertiary/aromatic N) is 3. The minimum Gasteiger partial charge on any atom is -0.340 e. The van der Waals surface area contributed by atoms with E-state index in [0.717, 1.165) is 69.4 Å². The van der Waals surface area contributed by atoms with Crippen LogP contribution in [0.25, 0.3) is 0 Å². The first-order chi connectivity index (χ1) is 10.2. The largest absolute Gasteiger partial charge is 0.340 e. The molecule has 0 aliphatic carbocycles. The van der Waals surface area contributed by atoms with E-state index in [9.17, 15) is 4.79 Å². The molecule has 0 atom stereocenters. The van der Waals surface area contributed by atoms with E-state index in [-0.39, 0.29) is 18.3 Å². The first-order valence-corrected chi connectivity index (χ1v) is 8.73. The van der Waals surface area contributed by atoms with Crippen LogP contribution in [0.3, 0.4) is 0 Å². The highest BCUT2D eigenvalue weighted by atomic mass is 35.5. The highest BCUT2D eigenvalue weighted by Crippen LogP contribution is 2.17. The highest BCUT2D eigenvalue weighted by Gasteiger charge is 2.28. The van der Waals surface area contributed by atoms with Gasteiger partial charge in [0.1, 0.15) is 0 Å². The third-order valence-corrected chi connectivity index (χ3v) is 5.25. The summed E-state index contributed by atoms with van der Waals surface area (Å²) in [7, 11) is 0. The fourth-order valence-corrected chi connectivity index (χ4v) is 3.77. The van der Waals surface area contributed by atoms with Crippen LogP contribution < -0.4 is 5.32 Å². The Kier molecular flexibility index (Phi) is 6.62. The molecule has 7 heteroatoms. The Balaban J connectivity index is 0.00000176. The Labute approximate surface area is 142 Å². The van der Waals surface area contributed by atoms with Crippen molar-refractivity contribution >= 4 is 29.7 Å². The van der Waals surface area contributed by atoms with Gasteiger partial charge in [-0.15, -0.1) is 23.7 Å². The minimum absolute atomic E-state index is 0. The maximum absolute atomic E-state index is 12.5. The van der Waals surface area contributed by atoms with Crippen molar-refractivity contribution in [2.45, 2.75) is 26.3 Å². The first-order valence-electron chi connectivity index (χ1n) is 7.85. The van der Waals surface area contributed by atoms with E-state index in [0.29, 0.717) is 5.91 Å². The van der Waals surface area contributed by atoms with Crippen molar-refractivity contribution in [3.63, 3.8) is 0 Å². The molecule has 3 heterocycles. The van der Waals surface area contributed by atoms with Gasteiger partial charge in [-0.05, 0) is 32.9 Å². The van der Waals surface area contributed by atoms with Crippen molar-refractivity contribution in [1.29, 1.82) is 0 Å². The second-order valence-electron chi connectivity index (χ2n) is 5.98. The number of hydrogen-bond donors (Lipinski definition) is 1. The molecule has 0 spiro atoms. The van der Waals surface area contributed by atoms with Crippen molar-refractivity contribution < 1.29 is 4.79 Å². The monoisotopic (exact) mass is 344 g/mol. The molecular formula is C15H25ClN4OS. The Bertz CT molecular complexity index is 482. The van der Waals surface area contributed by atoms with Gasteiger partial charge in [-0.1, -0.05) is 0 Å². The number of rotatable bonds is 3. The molecule has 1 aromatic rings. The number of amides is 1. The maximum atomic E-state index is 12.5. The average molecular weight is 345 g/mol. The fraction of sp³-hybridized carbons (Fsp3) is 0.733. The second kappa shape index (κ2) is 8.24. The van der Waals surface area contributed by atoms with Crippen LogP contribution in [0.15, 0.2) is 5.38 Å². The van der Waals surface area contributed by atoms with Crippen LogP contribution in [0.1, 0.15) is 23.5 Å². The standard InChI is InChI=1S/C15H24N4OS.ClH/c1-12-17-14(11-21-12)10-18-6-8-19(9-7-18)15(20)13-2-4-16-5-3-13;/h11,13,16H,2-10H2,1H3;1H. The summed E-state index contributed by atoms with van der Waals surface area (Å²) in [5, 5.41) is 6.59. The van der Waals surface area contributed by atoms with Crippen LogP contribution in [0, 0.1) is 12.8 Å². The third-order valence-electron chi connectivity index (χ3n) is 4.42. The van der Waals surface area contributed by atoms with Crippen molar-refractivity contribution in [2.75, 3.05) is 39.3 Å². The summed E-state index contributed by atoms with van der Waals surface area (Å²) < 4.78 is 0. The van der Waals surface area contributed by atoms with Crippen LogP contribution in [0.2, 0.25) is 0 Å². The van der Waals surface area contributed by atoms with Gasteiger partial charge in [-0.25, -0.2) is 4.98 Å². The number of thiazole rings is 1. The van der Waals surface area contributed by atoms with Gasteiger partial charge in [-0.3, -0.25) is 9.69 Å². The zero-order chi connectivity index (χ0) is 14.7. The van der Waals surface area contributed by atoms with Crippen molar-refractivity contribution in [2.24, 2.45) is 5.92 Å². The average Bonchev–Trinajstić information content (AvgIpc) is 2.93. The number of carbonyl (C=O) groups is 1. The van der Waals surface area contributed by atoms with E-state index in [1.807, 2.05) is 6.92 Å². The first kappa shape index (κ1) is 17.7. The summed E-state index contributed by atoms with van der Waals surface area (Å²) in [6.07, 6.45) is 1.99. The van der Waals surface area contributed by atoms with Crippen LogP contribution in [-0.2, 0) is 11.3 Å². The molecule has 2 aliphatic heterocycles. The number of piperidine rings is 1. The predicted octanol–water partition coefficient (Wildman–Crippen LogP) is 1.52. The summed E-state index contributed by atoms with van der Waals surface area (Å²) in [6, 6.07) is 0. The lowest BCUT2D eigenvalue weighted by molar-refractivity contribution is -0.138. The van der Waals surface area contributed by atoms with E-state index < -0.39 is 0 Å². The molecule has 2 saturated heterocycles. The number of nitrogens with one attached hydrogen (secondary N) is 1. The van der Waals surface area contributed by atoms with Gasteiger partial charge >= 0.3 is 0 Å². The SMILES string of the molecule is Cc1nc(CN2CCN(C(=O)C3CCNCC3)CC2)cs1.Cl. The quantitative estimate of drug-likeness (QED) is 0.903. The fourth-order valence-electron chi connectivity index (χ4n) is 3.16. The summed E-state index contributed by atoms with van der Waals surface area (Å²) >= 11 is 1.71. The number of piperazine rings is 1. The number of halogens is 1. The van der Waals surface area contributed by atoms with Crippen LogP contribution >= 0.6 is 23.7 Å². The highest BCUT2D eigenvalue weighted by molar-refractivity contribution is 7.09. The molecule has 0 unspecified atom stereocenters. The van der Waals surface area contributed by atoms with Crippen molar-refractivity contribution in [3.05, 3.63) is 16.1 Å². The Morgan fingerprint density at radius 2 is 2.00 bits per heavy atom. The topological polar surface area (TPSA) is 48.5 Å². The van der Waals surface area contributed by atoms with E-state index in [2.05, 4.69) is 25.5 Å². The zero-order valence-electron chi connectivity index (χ0n) is 13.1. The molecule has 22 heavy (non-hydrogen) atoms. The molecule has 0 radical (unpaired) electrons. The molecule has 0 bridgehead atoms. The summed E-state index contributed by atoms with van der Waals surface area (Å²) in [6.45, 7) is 8.60. The molecule has 3 rings (SSSR count). The summed E-state index contributed by atoms with van der Waals surface area (Å²) in [5.74, 6) is 0.625. The van der Waals surface area contributed by atoms with Gasteiger partial charge in [-0.2, -0.15) is 0 Å². The summed E-state index contributed by atoms with van der Waals surface area (Å²) in [5.41, 5.74) is 1.16. The molecule has 2 aliphatic rings. The molecule has 2 fully saturated rings. The molecule has 1 N–H and O–H groups in total. The van der Waals surface area contributed by atoms with Gasteiger partial charge in [0.25, 0.3) is 0 Å². The van der Waals surface area contributed by atoms with Crippen LogP contribution in [0.4, 0.5) is 0 Å². The molecule has 124 valence electrons. The molecule has 1 aromatic heterocycles. The van der Waals surface area contributed by atoms with E-state index in [4.69, 9.17) is 0 Å². The summed E-state index contributed by atoms with van der Waals surface area (Å²) in [4.78, 5) is 21.5. The van der Waals surface area contributed by atoms with Gasteiger partial charge in [0.05, 0.1) is 10.7 Å². The molecule has 0 aromatic carbocycles. The van der Waals surface area contributed by atoms with Gasteiger partial charge in [0.2, 0.25) is 5.91 Å². The van der Waals surface area contributed by atoms with E-state index >= 15 is 0 Å². The zero-order valence-corrected chi connectivity index (χ0v) is 14.7. The third kappa shape index (κ3) is 4.41. The minimum atomic E-state index is 0. The molecule has 0 saturated carbocycles. The Morgan fingerprint density at radius 3 is 2.59 bits per heavy atom. The van der Waals surface area contributed by atoms with Gasteiger partial charge < -0.3 is 10.2 Å². The lowest BCUT2D eigenvalue weighted by Crippen LogP contribution is -2.51. The van der Waals surface area contributed by atoms with E-state index in [1.54, 1.807) is 11.3 Å². The number of carbonyl (C=O) groups excluding carboxylic acids is 1. The predicted molar refractivity (Wildman–Crippen MR) is 91.5 cm³/mol. The number of aromatic nitrogens is 1.